The number of Topliss-reactive ketones (excluding diaryl/α,β-unsaturated/α-hetero) is 1. The summed E-state index contributed by atoms with van der Waals surface area (Å²) in [4.78, 5) is 24.2. The van der Waals surface area contributed by atoms with Gasteiger partial charge in [0.15, 0.2) is 0 Å². The van der Waals surface area contributed by atoms with Gasteiger partial charge in [0.1, 0.15) is 11.4 Å². The van der Waals surface area contributed by atoms with Crippen molar-refractivity contribution >= 4 is 27.8 Å². The number of alkyl halides is 1. The van der Waals surface area contributed by atoms with Crippen LogP contribution in [-0.2, 0) is 9.53 Å². The number of carbonyl (C=O) groups excluding carboxylic acids is 2. The maximum atomic E-state index is 11.6. The fraction of sp³-hybridized carbons (Fsp3) is 0.800. The van der Waals surface area contributed by atoms with Gasteiger partial charge in [0.05, 0.1) is 4.83 Å². The maximum Gasteiger partial charge on any atom is 0.410 e. The van der Waals surface area contributed by atoms with Crippen molar-refractivity contribution in [3.05, 3.63) is 0 Å². The minimum Gasteiger partial charge on any atom is -0.444 e. The Morgan fingerprint density at radius 2 is 2.13 bits per heavy atom. The largest absolute Gasteiger partial charge is 0.444 e. The van der Waals surface area contributed by atoms with Gasteiger partial charge < -0.3 is 9.64 Å². The highest BCUT2D eigenvalue weighted by Gasteiger charge is 2.30. The van der Waals surface area contributed by atoms with Crippen molar-refractivity contribution in [2.75, 3.05) is 13.1 Å². The van der Waals surface area contributed by atoms with E-state index in [1.807, 2.05) is 20.8 Å². The molecule has 0 radical (unpaired) electrons. The average molecular weight is 278 g/mol. The zero-order valence-corrected chi connectivity index (χ0v) is 10.8. The number of nitrogens with zero attached hydrogens (tertiary/aromatic N) is 1. The number of ether oxygens (including phenoxy) is 1. The van der Waals surface area contributed by atoms with Crippen LogP contribution in [0.15, 0.2) is 0 Å². The highest BCUT2D eigenvalue weighted by Crippen LogP contribution is 2.17. The van der Waals surface area contributed by atoms with Crippen LogP contribution < -0.4 is 0 Å². The van der Waals surface area contributed by atoms with E-state index in [1.165, 1.54) is 0 Å². The summed E-state index contributed by atoms with van der Waals surface area (Å²) < 4.78 is 5.22. The molecule has 0 aromatic carbocycles. The Kier molecular flexibility index (Phi) is 3.76. The van der Waals surface area contributed by atoms with Crippen molar-refractivity contribution < 1.29 is 14.3 Å². The number of hydrogen-bond acceptors (Lipinski definition) is 3. The third-order valence-corrected chi connectivity index (χ3v) is 2.81. The third kappa shape index (κ3) is 3.81. The predicted molar refractivity (Wildman–Crippen MR) is 60.1 cm³/mol. The Bertz CT molecular complexity index is 272. The molecular formula is C10H16BrNO3. The van der Waals surface area contributed by atoms with Gasteiger partial charge in [0, 0.05) is 19.5 Å². The van der Waals surface area contributed by atoms with Crippen molar-refractivity contribution in [3.63, 3.8) is 0 Å². The summed E-state index contributed by atoms with van der Waals surface area (Å²) in [5.41, 5.74) is -0.486. The summed E-state index contributed by atoms with van der Waals surface area (Å²) in [6.45, 7) is 6.33. The van der Waals surface area contributed by atoms with Crippen molar-refractivity contribution in [1.29, 1.82) is 0 Å². The van der Waals surface area contributed by atoms with E-state index in [4.69, 9.17) is 4.74 Å². The monoisotopic (exact) mass is 277 g/mol. The van der Waals surface area contributed by atoms with E-state index in [0.29, 0.717) is 19.5 Å². The van der Waals surface area contributed by atoms with Crippen LogP contribution in [0.2, 0.25) is 0 Å². The highest BCUT2D eigenvalue weighted by molar-refractivity contribution is 9.10. The first-order chi connectivity index (χ1) is 6.79. The number of carbonyl (C=O) groups is 2. The molecule has 86 valence electrons. The first-order valence-electron chi connectivity index (χ1n) is 4.94. The van der Waals surface area contributed by atoms with Gasteiger partial charge in [-0.2, -0.15) is 0 Å². The molecule has 0 spiro atoms. The average Bonchev–Trinajstić information content (AvgIpc) is 2.06. The van der Waals surface area contributed by atoms with E-state index in [-0.39, 0.29) is 16.7 Å². The third-order valence-electron chi connectivity index (χ3n) is 2.01. The minimum absolute atomic E-state index is 0.148. The summed E-state index contributed by atoms with van der Waals surface area (Å²) in [6, 6.07) is 0. The van der Waals surface area contributed by atoms with Gasteiger partial charge in [-0.3, -0.25) is 4.79 Å². The molecule has 0 bridgehead atoms. The summed E-state index contributed by atoms with van der Waals surface area (Å²) in [7, 11) is 0. The van der Waals surface area contributed by atoms with Gasteiger partial charge in [-0.15, -0.1) is 0 Å². The SMILES string of the molecule is CC(C)(C)OC(=O)N1CCC(=O)[C@@H](Br)C1. The first kappa shape index (κ1) is 12.5. The van der Waals surface area contributed by atoms with Crippen molar-refractivity contribution in [3.8, 4) is 0 Å². The van der Waals surface area contributed by atoms with Crippen LogP contribution in [-0.4, -0.2) is 40.3 Å². The van der Waals surface area contributed by atoms with Gasteiger partial charge in [-0.25, -0.2) is 4.79 Å². The molecule has 1 heterocycles. The lowest BCUT2D eigenvalue weighted by molar-refractivity contribution is -0.120. The van der Waals surface area contributed by atoms with Crippen molar-refractivity contribution in [2.45, 2.75) is 37.6 Å². The van der Waals surface area contributed by atoms with E-state index < -0.39 is 5.60 Å². The minimum atomic E-state index is -0.486. The van der Waals surface area contributed by atoms with E-state index in [0.717, 1.165) is 0 Å². The lowest BCUT2D eigenvalue weighted by Crippen LogP contribution is -2.46. The normalized spacial score (nSPS) is 22.8. The molecule has 4 nitrogen and oxygen atoms in total. The van der Waals surface area contributed by atoms with E-state index in [9.17, 15) is 9.59 Å². The number of piperidine rings is 1. The molecule has 5 heteroatoms. The highest BCUT2D eigenvalue weighted by atomic mass is 79.9. The Balaban J connectivity index is 2.51. The van der Waals surface area contributed by atoms with Crippen molar-refractivity contribution in [1.82, 2.24) is 4.90 Å². The molecule has 0 aliphatic carbocycles. The van der Waals surface area contributed by atoms with E-state index in [2.05, 4.69) is 15.9 Å². The lowest BCUT2D eigenvalue weighted by Gasteiger charge is -2.31. The van der Waals surface area contributed by atoms with Crippen LogP contribution in [0.3, 0.4) is 0 Å². The second-order valence-corrected chi connectivity index (χ2v) is 5.72. The Morgan fingerprint density at radius 3 is 2.60 bits per heavy atom. The molecule has 1 fully saturated rings. The molecule has 1 saturated heterocycles. The van der Waals surface area contributed by atoms with Gasteiger partial charge in [0.2, 0.25) is 0 Å². The van der Waals surface area contributed by atoms with Gasteiger partial charge in [-0.1, -0.05) is 15.9 Å². The zero-order valence-electron chi connectivity index (χ0n) is 9.25. The van der Waals surface area contributed by atoms with Crippen LogP contribution >= 0.6 is 15.9 Å². The molecular weight excluding hydrogens is 262 g/mol. The molecule has 0 saturated carbocycles. The van der Waals surface area contributed by atoms with Crippen LogP contribution in [0.1, 0.15) is 27.2 Å². The standard InChI is InChI=1S/C10H16BrNO3/c1-10(2,3)15-9(14)12-5-4-8(13)7(11)6-12/h7H,4-6H2,1-3H3/t7-/m0/s1. The molecule has 0 N–H and O–H groups in total. The number of halogens is 1. The van der Waals surface area contributed by atoms with Gasteiger partial charge in [-0.05, 0) is 20.8 Å². The summed E-state index contributed by atoms with van der Waals surface area (Å²) >= 11 is 3.24. The summed E-state index contributed by atoms with van der Waals surface area (Å²) in [6.07, 6.45) is 0.0502. The zero-order chi connectivity index (χ0) is 11.6. The molecule has 0 aromatic rings. The first-order valence-corrected chi connectivity index (χ1v) is 5.86. The predicted octanol–water partition coefficient (Wildman–Crippen LogP) is 1.96. The molecule has 1 aliphatic heterocycles. The summed E-state index contributed by atoms with van der Waals surface area (Å²) in [5, 5.41) is 0. The molecule has 1 aliphatic rings. The molecule has 0 unspecified atom stereocenters. The van der Waals surface area contributed by atoms with E-state index in [1.54, 1.807) is 4.90 Å². The summed E-state index contributed by atoms with van der Waals surface area (Å²) in [5.74, 6) is 0.148. The number of hydrogen-bond donors (Lipinski definition) is 0. The topological polar surface area (TPSA) is 46.6 Å². The number of amides is 1. The van der Waals surface area contributed by atoms with E-state index >= 15 is 0 Å². The van der Waals surface area contributed by atoms with Gasteiger partial charge in [0.25, 0.3) is 0 Å². The molecule has 15 heavy (non-hydrogen) atoms. The Hall–Kier alpha value is -0.580. The molecule has 1 atom stereocenters. The number of likely N-dealkylation sites (tertiary alicyclic amines) is 1. The fourth-order valence-electron chi connectivity index (χ4n) is 1.28. The Morgan fingerprint density at radius 1 is 1.53 bits per heavy atom. The second-order valence-electron chi connectivity index (χ2n) is 4.61. The van der Waals surface area contributed by atoms with Gasteiger partial charge >= 0.3 is 6.09 Å². The van der Waals surface area contributed by atoms with Crippen LogP contribution in [0.5, 0.6) is 0 Å². The number of ketones is 1. The number of rotatable bonds is 0. The lowest BCUT2D eigenvalue weighted by atomic mass is 10.1. The fourth-order valence-corrected chi connectivity index (χ4v) is 1.86. The van der Waals surface area contributed by atoms with Crippen molar-refractivity contribution in [2.24, 2.45) is 0 Å². The molecule has 1 rings (SSSR count). The quantitative estimate of drug-likeness (QED) is 0.636. The van der Waals surface area contributed by atoms with Crippen LogP contribution in [0, 0.1) is 0 Å². The second kappa shape index (κ2) is 4.51. The maximum absolute atomic E-state index is 11.6. The van der Waals surface area contributed by atoms with Crippen LogP contribution in [0.25, 0.3) is 0 Å². The molecule has 1 amide bonds. The van der Waals surface area contributed by atoms with Crippen LogP contribution in [0.4, 0.5) is 4.79 Å². The molecule has 0 aromatic heterocycles. The Labute approximate surface area is 98.1 Å². The smallest absolute Gasteiger partial charge is 0.410 e.